The molecular formula is C18H29NO2. The van der Waals surface area contributed by atoms with Gasteiger partial charge in [0.2, 0.25) is 0 Å². The number of ether oxygens (including phenoxy) is 2. The zero-order chi connectivity index (χ0) is 15.2. The SMILES string of the molecule is CCNC(c1cccc2c1OCCC2)C(OCC)C(C)C. The topological polar surface area (TPSA) is 30.5 Å². The van der Waals surface area contributed by atoms with Crippen molar-refractivity contribution in [3.63, 3.8) is 0 Å². The van der Waals surface area contributed by atoms with E-state index < -0.39 is 0 Å². The Labute approximate surface area is 129 Å². The second-order valence-electron chi connectivity index (χ2n) is 5.99. The number of para-hydroxylation sites is 1. The van der Waals surface area contributed by atoms with Crippen molar-refractivity contribution in [2.24, 2.45) is 5.92 Å². The van der Waals surface area contributed by atoms with Gasteiger partial charge >= 0.3 is 0 Å². The molecule has 0 fully saturated rings. The van der Waals surface area contributed by atoms with Crippen molar-refractivity contribution >= 4 is 0 Å². The van der Waals surface area contributed by atoms with Crippen molar-refractivity contribution in [1.29, 1.82) is 0 Å². The van der Waals surface area contributed by atoms with Gasteiger partial charge in [0.15, 0.2) is 0 Å². The summed E-state index contributed by atoms with van der Waals surface area (Å²) in [5.41, 5.74) is 2.59. The van der Waals surface area contributed by atoms with Gasteiger partial charge in [-0.25, -0.2) is 0 Å². The van der Waals surface area contributed by atoms with Gasteiger partial charge in [0.1, 0.15) is 5.75 Å². The van der Waals surface area contributed by atoms with Gasteiger partial charge in [0, 0.05) is 12.2 Å². The smallest absolute Gasteiger partial charge is 0.127 e. The van der Waals surface area contributed by atoms with Gasteiger partial charge in [-0.3, -0.25) is 0 Å². The van der Waals surface area contributed by atoms with Crippen molar-refractivity contribution in [1.82, 2.24) is 5.32 Å². The predicted octanol–water partition coefficient (Wildman–Crippen LogP) is 3.72. The van der Waals surface area contributed by atoms with Gasteiger partial charge in [-0.2, -0.15) is 0 Å². The van der Waals surface area contributed by atoms with E-state index in [1.165, 1.54) is 11.1 Å². The van der Waals surface area contributed by atoms with E-state index in [2.05, 4.69) is 51.2 Å². The molecule has 1 heterocycles. The first kappa shape index (κ1) is 16.3. The van der Waals surface area contributed by atoms with Gasteiger partial charge in [-0.1, -0.05) is 39.0 Å². The lowest BCUT2D eigenvalue weighted by molar-refractivity contribution is 0.00243. The maximum atomic E-state index is 6.05. The first-order chi connectivity index (χ1) is 10.2. The Morgan fingerprint density at radius 2 is 2.10 bits per heavy atom. The van der Waals surface area contributed by atoms with E-state index in [1.54, 1.807) is 0 Å². The summed E-state index contributed by atoms with van der Waals surface area (Å²) in [6.45, 7) is 11.1. The first-order valence-corrected chi connectivity index (χ1v) is 8.28. The highest BCUT2D eigenvalue weighted by molar-refractivity contribution is 5.45. The Balaban J connectivity index is 2.37. The molecule has 3 heteroatoms. The van der Waals surface area contributed by atoms with Gasteiger partial charge in [0.25, 0.3) is 0 Å². The molecular weight excluding hydrogens is 262 g/mol. The van der Waals surface area contributed by atoms with Crippen LogP contribution in [0.5, 0.6) is 5.75 Å². The van der Waals surface area contributed by atoms with E-state index in [1.807, 2.05) is 0 Å². The molecule has 3 nitrogen and oxygen atoms in total. The molecule has 0 radical (unpaired) electrons. The molecule has 1 aliphatic heterocycles. The van der Waals surface area contributed by atoms with Crippen LogP contribution in [0.25, 0.3) is 0 Å². The van der Waals surface area contributed by atoms with E-state index in [4.69, 9.17) is 9.47 Å². The van der Waals surface area contributed by atoms with Crippen LogP contribution in [-0.4, -0.2) is 25.9 Å². The number of nitrogens with one attached hydrogen (secondary N) is 1. The third kappa shape index (κ3) is 3.78. The molecule has 0 bridgehead atoms. The van der Waals surface area contributed by atoms with E-state index in [9.17, 15) is 0 Å². The minimum absolute atomic E-state index is 0.159. The zero-order valence-corrected chi connectivity index (χ0v) is 13.8. The van der Waals surface area contributed by atoms with Crippen LogP contribution in [0.2, 0.25) is 0 Å². The van der Waals surface area contributed by atoms with Crippen LogP contribution in [0.15, 0.2) is 18.2 Å². The van der Waals surface area contributed by atoms with Crippen LogP contribution in [0.3, 0.4) is 0 Å². The molecule has 2 rings (SSSR count). The standard InChI is InChI=1S/C18H29NO2/c1-5-19-16(17(13(3)4)20-6-2)15-11-7-9-14-10-8-12-21-18(14)15/h7,9,11,13,16-17,19H,5-6,8,10,12H2,1-4H3. The molecule has 2 unspecified atom stereocenters. The van der Waals surface area contributed by atoms with E-state index in [0.717, 1.165) is 38.3 Å². The van der Waals surface area contributed by atoms with E-state index in [-0.39, 0.29) is 12.1 Å². The number of hydrogen-bond donors (Lipinski definition) is 1. The second kappa shape index (κ2) is 7.81. The highest BCUT2D eigenvalue weighted by Crippen LogP contribution is 2.36. The highest BCUT2D eigenvalue weighted by Gasteiger charge is 2.29. The largest absolute Gasteiger partial charge is 0.493 e. The fourth-order valence-corrected chi connectivity index (χ4v) is 3.15. The lowest BCUT2D eigenvalue weighted by Crippen LogP contribution is -2.38. The van der Waals surface area contributed by atoms with Crippen molar-refractivity contribution in [2.45, 2.75) is 52.7 Å². The predicted molar refractivity (Wildman–Crippen MR) is 86.9 cm³/mol. The second-order valence-corrected chi connectivity index (χ2v) is 5.99. The summed E-state index contributed by atoms with van der Waals surface area (Å²) in [5, 5.41) is 3.61. The minimum Gasteiger partial charge on any atom is -0.493 e. The lowest BCUT2D eigenvalue weighted by atomic mass is 9.90. The van der Waals surface area contributed by atoms with Gasteiger partial charge < -0.3 is 14.8 Å². The number of hydrogen-bond acceptors (Lipinski definition) is 3. The number of aryl methyl sites for hydroxylation is 1. The Kier molecular flexibility index (Phi) is 6.07. The number of fused-ring (bicyclic) bond motifs is 1. The lowest BCUT2D eigenvalue weighted by Gasteiger charge is -2.33. The van der Waals surface area contributed by atoms with Gasteiger partial charge in [0.05, 0.1) is 18.8 Å². The molecule has 0 aliphatic carbocycles. The number of rotatable bonds is 7. The molecule has 118 valence electrons. The number of benzene rings is 1. The highest BCUT2D eigenvalue weighted by atomic mass is 16.5. The zero-order valence-electron chi connectivity index (χ0n) is 13.8. The van der Waals surface area contributed by atoms with Crippen molar-refractivity contribution < 1.29 is 9.47 Å². The van der Waals surface area contributed by atoms with Crippen LogP contribution in [0.4, 0.5) is 0 Å². The summed E-state index contributed by atoms with van der Waals surface area (Å²) in [6, 6.07) is 6.71. The fourth-order valence-electron chi connectivity index (χ4n) is 3.15. The third-order valence-corrected chi connectivity index (χ3v) is 4.07. The molecule has 1 aliphatic rings. The van der Waals surface area contributed by atoms with E-state index >= 15 is 0 Å². The molecule has 0 amide bonds. The summed E-state index contributed by atoms with van der Waals surface area (Å²) in [6.07, 6.45) is 2.39. The van der Waals surface area contributed by atoms with Crippen LogP contribution in [0.1, 0.15) is 51.3 Å². The monoisotopic (exact) mass is 291 g/mol. The Morgan fingerprint density at radius 3 is 2.76 bits per heavy atom. The third-order valence-electron chi connectivity index (χ3n) is 4.07. The summed E-state index contributed by atoms with van der Waals surface area (Å²) in [7, 11) is 0. The molecule has 2 atom stereocenters. The fraction of sp³-hybridized carbons (Fsp3) is 0.667. The van der Waals surface area contributed by atoms with Crippen LogP contribution < -0.4 is 10.1 Å². The molecule has 21 heavy (non-hydrogen) atoms. The van der Waals surface area contributed by atoms with Gasteiger partial charge in [-0.05, 0) is 37.8 Å². The number of likely N-dealkylation sites (N-methyl/N-ethyl adjacent to an activating group) is 1. The van der Waals surface area contributed by atoms with Crippen LogP contribution >= 0.6 is 0 Å². The summed E-state index contributed by atoms with van der Waals surface area (Å²) in [4.78, 5) is 0. The van der Waals surface area contributed by atoms with Crippen LogP contribution in [0, 0.1) is 5.92 Å². The Morgan fingerprint density at radius 1 is 1.29 bits per heavy atom. The Hall–Kier alpha value is -1.06. The van der Waals surface area contributed by atoms with Crippen LogP contribution in [-0.2, 0) is 11.2 Å². The molecule has 0 saturated heterocycles. The molecule has 1 aromatic carbocycles. The van der Waals surface area contributed by atoms with E-state index in [0.29, 0.717) is 5.92 Å². The summed E-state index contributed by atoms with van der Waals surface area (Å²) >= 11 is 0. The molecule has 0 saturated carbocycles. The maximum Gasteiger partial charge on any atom is 0.127 e. The molecule has 1 N–H and O–H groups in total. The van der Waals surface area contributed by atoms with Crippen molar-refractivity contribution in [3.05, 3.63) is 29.3 Å². The summed E-state index contributed by atoms with van der Waals surface area (Å²) < 4.78 is 12.0. The quantitative estimate of drug-likeness (QED) is 0.830. The maximum absolute atomic E-state index is 6.05. The summed E-state index contributed by atoms with van der Waals surface area (Å²) in [5.74, 6) is 1.54. The van der Waals surface area contributed by atoms with Crippen molar-refractivity contribution in [3.8, 4) is 5.75 Å². The molecule has 1 aromatic rings. The first-order valence-electron chi connectivity index (χ1n) is 8.28. The average Bonchev–Trinajstić information content (AvgIpc) is 2.50. The minimum atomic E-state index is 0.159. The average molecular weight is 291 g/mol. The molecule has 0 aromatic heterocycles. The molecule has 0 spiro atoms. The normalized spacial score (nSPS) is 17.2. The van der Waals surface area contributed by atoms with Crippen molar-refractivity contribution in [2.75, 3.05) is 19.8 Å². The Bertz CT molecular complexity index is 445. The van der Waals surface area contributed by atoms with Gasteiger partial charge in [-0.15, -0.1) is 0 Å².